The van der Waals surface area contributed by atoms with Gasteiger partial charge in [-0.1, -0.05) is 24.3 Å². The summed E-state index contributed by atoms with van der Waals surface area (Å²) in [5.74, 6) is -0.312. The second-order valence-electron chi connectivity index (χ2n) is 3.62. The summed E-state index contributed by atoms with van der Waals surface area (Å²) in [5.41, 5.74) is 7.60. The van der Waals surface area contributed by atoms with E-state index in [9.17, 15) is 9.50 Å². The van der Waals surface area contributed by atoms with E-state index in [0.717, 1.165) is 5.56 Å². The third-order valence-electron chi connectivity index (χ3n) is 2.44. The Morgan fingerprint density at radius 3 is 1.81 bits per heavy atom. The molecule has 3 heteroatoms. The average Bonchev–Trinajstić information content (AvgIpc) is 2.30. The first-order chi connectivity index (χ1) is 7.66. The molecule has 0 amide bonds. The molecule has 0 heterocycles. The fourth-order valence-corrected chi connectivity index (χ4v) is 1.52. The molecule has 2 aromatic carbocycles. The van der Waals surface area contributed by atoms with Gasteiger partial charge in [0.25, 0.3) is 0 Å². The van der Waals surface area contributed by atoms with Crippen molar-refractivity contribution in [3.63, 3.8) is 0 Å². The molecular weight excluding hydrogens is 205 g/mol. The van der Waals surface area contributed by atoms with Gasteiger partial charge in [0, 0.05) is 5.69 Å². The van der Waals surface area contributed by atoms with Gasteiger partial charge in [0.2, 0.25) is 0 Å². The standard InChI is InChI=1S/C13H12FNO/c14-11-5-1-9(2-6-11)13(16)10-3-7-12(15)8-4-10/h1-8,13,16H,15H2. The molecule has 3 N–H and O–H groups in total. The number of anilines is 1. The molecule has 2 aromatic rings. The predicted molar refractivity (Wildman–Crippen MR) is 61.3 cm³/mol. The lowest BCUT2D eigenvalue weighted by molar-refractivity contribution is 0.220. The number of halogens is 1. The minimum absolute atomic E-state index is 0.312. The lowest BCUT2D eigenvalue weighted by atomic mass is 10.0. The van der Waals surface area contributed by atoms with Crippen molar-refractivity contribution < 1.29 is 9.50 Å². The van der Waals surface area contributed by atoms with Crippen molar-refractivity contribution in [2.75, 3.05) is 5.73 Å². The molecular formula is C13H12FNO. The number of rotatable bonds is 2. The molecule has 1 atom stereocenters. The first-order valence-corrected chi connectivity index (χ1v) is 4.96. The van der Waals surface area contributed by atoms with E-state index in [1.807, 2.05) is 0 Å². The Morgan fingerprint density at radius 2 is 1.31 bits per heavy atom. The predicted octanol–water partition coefficient (Wildman–Crippen LogP) is 2.49. The zero-order chi connectivity index (χ0) is 11.5. The van der Waals surface area contributed by atoms with Gasteiger partial charge in [0.15, 0.2) is 0 Å². The topological polar surface area (TPSA) is 46.2 Å². The number of benzene rings is 2. The SMILES string of the molecule is Nc1ccc(C(O)c2ccc(F)cc2)cc1. The number of nitrogen functional groups attached to an aromatic ring is 1. The highest BCUT2D eigenvalue weighted by Gasteiger charge is 2.09. The molecule has 0 fully saturated rings. The van der Waals surface area contributed by atoms with Crippen LogP contribution in [0.1, 0.15) is 17.2 Å². The minimum Gasteiger partial charge on any atom is -0.399 e. The maximum absolute atomic E-state index is 12.7. The molecule has 82 valence electrons. The number of hydrogen-bond donors (Lipinski definition) is 2. The molecule has 0 saturated carbocycles. The van der Waals surface area contributed by atoms with Gasteiger partial charge < -0.3 is 10.8 Å². The molecule has 0 spiro atoms. The number of hydrogen-bond acceptors (Lipinski definition) is 2. The Balaban J connectivity index is 2.28. The molecule has 0 aliphatic carbocycles. The zero-order valence-corrected chi connectivity index (χ0v) is 8.60. The molecule has 2 rings (SSSR count). The second-order valence-corrected chi connectivity index (χ2v) is 3.62. The molecule has 0 bridgehead atoms. The monoisotopic (exact) mass is 217 g/mol. The third kappa shape index (κ3) is 2.20. The highest BCUT2D eigenvalue weighted by atomic mass is 19.1. The van der Waals surface area contributed by atoms with Gasteiger partial charge in [-0.05, 0) is 35.4 Å². The Labute approximate surface area is 93.2 Å². The highest BCUT2D eigenvalue weighted by Crippen LogP contribution is 2.22. The Morgan fingerprint density at radius 1 is 0.875 bits per heavy atom. The van der Waals surface area contributed by atoms with Crippen LogP contribution in [0.3, 0.4) is 0 Å². The van der Waals surface area contributed by atoms with Crippen LogP contribution in [0.4, 0.5) is 10.1 Å². The summed E-state index contributed by atoms with van der Waals surface area (Å²) in [5, 5.41) is 10.0. The largest absolute Gasteiger partial charge is 0.399 e. The van der Waals surface area contributed by atoms with E-state index >= 15 is 0 Å². The van der Waals surface area contributed by atoms with Gasteiger partial charge in [0.05, 0.1) is 0 Å². The molecule has 0 aromatic heterocycles. The summed E-state index contributed by atoms with van der Waals surface area (Å²) in [4.78, 5) is 0. The minimum atomic E-state index is -0.749. The van der Waals surface area contributed by atoms with Gasteiger partial charge >= 0.3 is 0 Å². The van der Waals surface area contributed by atoms with Gasteiger partial charge in [-0.25, -0.2) is 4.39 Å². The highest BCUT2D eigenvalue weighted by molar-refractivity contribution is 5.41. The molecule has 16 heavy (non-hydrogen) atoms. The first-order valence-electron chi connectivity index (χ1n) is 4.96. The molecule has 0 saturated heterocycles. The van der Waals surface area contributed by atoms with Crippen molar-refractivity contribution in [3.05, 3.63) is 65.5 Å². The van der Waals surface area contributed by atoms with Crippen molar-refractivity contribution in [3.8, 4) is 0 Å². The van der Waals surface area contributed by atoms with E-state index in [2.05, 4.69) is 0 Å². The van der Waals surface area contributed by atoms with Crippen molar-refractivity contribution in [2.24, 2.45) is 0 Å². The smallest absolute Gasteiger partial charge is 0.123 e. The van der Waals surface area contributed by atoms with Crippen LogP contribution < -0.4 is 5.73 Å². The summed E-state index contributed by atoms with van der Waals surface area (Å²) in [6, 6.07) is 12.7. The third-order valence-corrected chi connectivity index (χ3v) is 2.44. The van der Waals surface area contributed by atoms with Gasteiger partial charge in [-0.15, -0.1) is 0 Å². The van der Waals surface area contributed by atoms with E-state index in [4.69, 9.17) is 5.73 Å². The summed E-state index contributed by atoms with van der Waals surface area (Å²) in [6.45, 7) is 0. The van der Waals surface area contributed by atoms with Crippen molar-refractivity contribution in [1.82, 2.24) is 0 Å². The lowest BCUT2D eigenvalue weighted by Crippen LogP contribution is -1.99. The normalized spacial score (nSPS) is 12.4. The maximum atomic E-state index is 12.7. The number of aliphatic hydroxyl groups is 1. The average molecular weight is 217 g/mol. The van der Waals surface area contributed by atoms with Crippen LogP contribution in [0.25, 0.3) is 0 Å². The molecule has 0 radical (unpaired) electrons. The van der Waals surface area contributed by atoms with E-state index in [1.165, 1.54) is 12.1 Å². The van der Waals surface area contributed by atoms with Crippen LogP contribution >= 0.6 is 0 Å². The van der Waals surface area contributed by atoms with Crippen LogP contribution in [0.15, 0.2) is 48.5 Å². The summed E-state index contributed by atoms with van der Waals surface area (Å²) >= 11 is 0. The van der Waals surface area contributed by atoms with Crippen molar-refractivity contribution in [1.29, 1.82) is 0 Å². The van der Waals surface area contributed by atoms with Gasteiger partial charge in [-0.2, -0.15) is 0 Å². The molecule has 1 unspecified atom stereocenters. The van der Waals surface area contributed by atoms with Crippen LogP contribution in [-0.4, -0.2) is 5.11 Å². The van der Waals surface area contributed by atoms with Crippen LogP contribution in [0.2, 0.25) is 0 Å². The fraction of sp³-hybridized carbons (Fsp3) is 0.0769. The summed E-state index contributed by atoms with van der Waals surface area (Å²) < 4.78 is 12.7. The lowest BCUT2D eigenvalue weighted by Gasteiger charge is -2.11. The quantitative estimate of drug-likeness (QED) is 0.759. The summed E-state index contributed by atoms with van der Waals surface area (Å²) in [7, 11) is 0. The maximum Gasteiger partial charge on any atom is 0.123 e. The fourth-order valence-electron chi connectivity index (χ4n) is 1.52. The van der Waals surface area contributed by atoms with E-state index in [-0.39, 0.29) is 5.82 Å². The Kier molecular flexibility index (Phi) is 2.88. The van der Waals surface area contributed by atoms with Crippen molar-refractivity contribution in [2.45, 2.75) is 6.10 Å². The molecule has 0 aliphatic heterocycles. The first kappa shape index (κ1) is 10.6. The van der Waals surface area contributed by atoms with Gasteiger partial charge in [-0.3, -0.25) is 0 Å². The van der Waals surface area contributed by atoms with Gasteiger partial charge in [0.1, 0.15) is 11.9 Å². The van der Waals surface area contributed by atoms with Crippen molar-refractivity contribution >= 4 is 5.69 Å². The van der Waals surface area contributed by atoms with Crippen LogP contribution in [0.5, 0.6) is 0 Å². The van der Waals surface area contributed by atoms with Crippen LogP contribution in [0, 0.1) is 5.82 Å². The van der Waals surface area contributed by atoms with E-state index < -0.39 is 6.10 Å². The van der Waals surface area contributed by atoms with E-state index in [1.54, 1.807) is 36.4 Å². The van der Waals surface area contributed by atoms with Crippen LogP contribution in [-0.2, 0) is 0 Å². The zero-order valence-electron chi connectivity index (χ0n) is 8.60. The molecule has 2 nitrogen and oxygen atoms in total. The summed E-state index contributed by atoms with van der Waals surface area (Å²) in [6.07, 6.45) is -0.749. The number of aliphatic hydroxyl groups excluding tert-OH is 1. The Hall–Kier alpha value is -1.87. The van der Waals surface area contributed by atoms with E-state index in [0.29, 0.717) is 11.3 Å². The molecule has 0 aliphatic rings. The second kappa shape index (κ2) is 4.33. The Bertz CT molecular complexity index is 419. The number of nitrogens with two attached hydrogens (primary N) is 1.